The Balaban J connectivity index is 2.15. The second-order valence-electron chi connectivity index (χ2n) is 5.26. The van der Waals surface area contributed by atoms with Crippen molar-refractivity contribution in [3.63, 3.8) is 0 Å². The molecule has 0 aliphatic carbocycles. The second kappa shape index (κ2) is 8.61. The molecule has 0 aliphatic heterocycles. The summed E-state index contributed by atoms with van der Waals surface area (Å²) < 4.78 is 0. The van der Waals surface area contributed by atoms with Gasteiger partial charge < -0.3 is 10.2 Å². The summed E-state index contributed by atoms with van der Waals surface area (Å²) >= 11 is 11.6. The fraction of sp³-hybridized carbons (Fsp3) is 0.235. The van der Waals surface area contributed by atoms with E-state index in [-0.39, 0.29) is 5.69 Å². The molecule has 0 atom stereocenters. The Kier molecular flexibility index (Phi) is 6.52. The van der Waals surface area contributed by atoms with Crippen molar-refractivity contribution in [2.75, 3.05) is 11.9 Å². The minimum Gasteiger partial charge on any atom is -0.345 e. The first kappa shape index (κ1) is 18.2. The Hall–Kier alpha value is -2.18. The largest absolute Gasteiger partial charge is 0.345 e. The van der Waals surface area contributed by atoms with Crippen LogP contribution in [0.5, 0.6) is 0 Å². The molecule has 2 rings (SSSR count). The SMILES string of the molecule is CCCN(Cc1ccccc1)C(=S)Nc1cc([N+](=O)[O-])ccc1Cl. The van der Waals surface area contributed by atoms with Crippen LogP contribution in [-0.2, 0) is 6.54 Å². The van der Waals surface area contributed by atoms with Crippen LogP contribution in [0.4, 0.5) is 11.4 Å². The number of rotatable bonds is 6. The molecule has 2 aromatic rings. The highest BCUT2D eigenvalue weighted by molar-refractivity contribution is 7.80. The lowest BCUT2D eigenvalue weighted by atomic mass is 10.2. The van der Waals surface area contributed by atoms with E-state index in [4.69, 9.17) is 23.8 Å². The number of hydrogen-bond acceptors (Lipinski definition) is 3. The third-order valence-electron chi connectivity index (χ3n) is 3.40. The van der Waals surface area contributed by atoms with Gasteiger partial charge in [-0.25, -0.2) is 0 Å². The number of nitrogens with one attached hydrogen (secondary N) is 1. The van der Waals surface area contributed by atoms with Gasteiger partial charge >= 0.3 is 0 Å². The minimum atomic E-state index is -0.460. The van der Waals surface area contributed by atoms with Gasteiger partial charge in [0.25, 0.3) is 5.69 Å². The molecule has 0 saturated heterocycles. The molecule has 1 N–H and O–H groups in total. The van der Waals surface area contributed by atoms with Crippen LogP contribution >= 0.6 is 23.8 Å². The van der Waals surface area contributed by atoms with E-state index in [0.29, 0.717) is 22.4 Å². The summed E-state index contributed by atoms with van der Waals surface area (Å²) in [4.78, 5) is 12.5. The normalized spacial score (nSPS) is 10.2. The molecule has 0 radical (unpaired) electrons. The fourth-order valence-electron chi connectivity index (χ4n) is 2.24. The fourth-order valence-corrected chi connectivity index (χ4v) is 2.67. The molecule has 5 nitrogen and oxygen atoms in total. The summed E-state index contributed by atoms with van der Waals surface area (Å²) in [6.07, 6.45) is 0.928. The van der Waals surface area contributed by atoms with Gasteiger partial charge in [0.1, 0.15) is 0 Å². The molecule has 0 aliphatic rings. The summed E-state index contributed by atoms with van der Waals surface area (Å²) in [6, 6.07) is 14.2. The standard InChI is InChI=1S/C17H18ClN3O2S/c1-2-10-20(12-13-6-4-3-5-7-13)17(24)19-16-11-14(21(22)23)8-9-15(16)18/h3-9,11H,2,10,12H2,1H3,(H,19,24). The number of non-ortho nitro benzene ring substituents is 1. The molecule has 126 valence electrons. The molecule has 0 amide bonds. The predicted octanol–water partition coefficient (Wildman–Crippen LogP) is 4.86. The average molecular weight is 364 g/mol. The van der Waals surface area contributed by atoms with Crippen molar-refractivity contribution in [3.05, 3.63) is 69.2 Å². The van der Waals surface area contributed by atoms with Crippen molar-refractivity contribution in [1.82, 2.24) is 4.90 Å². The third kappa shape index (κ3) is 4.91. The number of anilines is 1. The Bertz CT molecular complexity index is 725. The number of benzene rings is 2. The lowest BCUT2D eigenvalue weighted by Crippen LogP contribution is -2.34. The number of hydrogen-bond donors (Lipinski definition) is 1. The van der Waals surface area contributed by atoms with E-state index < -0.39 is 4.92 Å². The van der Waals surface area contributed by atoms with Crippen LogP contribution in [0.15, 0.2) is 48.5 Å². The van der Waals surface area contributed by atoms with Gasteiger partial charge in [0.15, 0.2) is 5.11 Å². The van der Waals surface area contributed by atoms with Crippen LogP contribution in [0.2, 0.25) is 5.02 Å². The van der Waals surface area contributed by atoms with Gasteiger partial charge in [-0.1, -0.05) is 48.9 Å². The van der Waals surface area contributed by atoms with E-state index in [1.54, 1.807) is 0 Å². The Morgan fingerprint density at radius 1 is 1.29 bits per heavy atom. The lowest BCUT2D eigenvalue weighted by Gasteiger charge is -2.26. The zero-order valence-electron chi connectivity index (χ0n) is 13.2. The highest BCUT2D eigenvalue weighted by Gasteiger charge is 2.14. The van der Waals surface area contributed by atoms with E-state index in [0.717, 1.165) is 18.5 Å². The van der Waals surface area contributed by atoms with Crippen molar-refractivity contribution in [3.8, 4) is 0 Å². The zero-order valence-corrected chi connectivity index (χ0v) is 14.8. The Labute approximate surface area is 151 Å². The van der Waals surface area contributed by atoms with Gasteiger partial charge in [0.2, 0.25) is 0 Å². The minimum absolute atomic E-state index is 0.0326. The van der Waals surface area contributed by atoms with Crippen molar-refractivity contribution in [2.45, 2.75) is 19.9 Å². The number of nitro benzene ring substituents is 1. The third-order valence-corrected chi connectivity index (χ3v) is 4.09. The van der Waals surface area contributed by atoms with E-state index in [1.807, 2.05) is 35.2 Å². The van der Waals surface area contributed by atoms with Crippen molar-refractivity contribution in [1.29, 1.82) is 0 Å². The molecule has 2 aromatic carbocycles. The van der Waals surface area contributed by atoms with Crippen molar-refractivity contribution >= 4 is 40.3 Å². The Morgan fingerprint density at radius 2 is 2.00 bits per heavy atom. The highest BCUT2D eigenvalue weighted by atomic mass is 35.5. The van der Waals surface area contributed by atoms with Crippen LogP contribution in [0.3, 0.4) is 0 Å². The molecule has 7 heteroatoms. The zero-order chi connectivity index (χ0) is 17.5. The first-order valence-electron chi connectivity index (χ1n) is 7.55. The molecule has 0 aromatic heterocycles. The van der Waals surface area contributed by atoms with Crippen LogP contribution in [0, 0.1) is 10.1 Å². The van der Waals surface area contributed by atoms with Crippen LogP contribution in [0.25, 0.3) is 0 Å². The van der Waals surface area contributed by atoms with Crippen molar-refractivity contribution < 1.29 is 4.92 Å². The van der Waals surface area contributed by atoms with Gasteiger partial charge in [-0.05, 0) is 30.3 Å². The number of nitro groups is 1. The van der Waals surface area contributed by atoms with Crippen LogP contribution in [-0.4, -0.2) is 21.5 Å². The monoisotopic (exact) mass is 363 g/mol. The molecule has 0 unspecified atom stereocenters. The van der Waals surface area contributed by atoms with E-state index in [2.05, 4.69) is 12.2 Å². The molecule has 24 heavy (non-hydrogen) atoms. The van der Waals surface area contributed by atoms with E-state index >= 15 is 0 Å². The van der Waals surface area contributed by atoms with Gasteiger partial charge in [-0.3, -0.25) is 10.1 Å². The van der Waals surface area contributed by atoms with Crippen LogP contribution in [0.1, 0.15) is 18.9 Å². The lowest BCUT2D eigenvalue weighted by molar-refractivity contribution is -0.384. The predicted molar refractivity (Wildman–Crippen MR) is 101 cm³/mol. The molecule has 0 spiro atoms. The molecular weight excluding hydrogens is 346 g/mol. The molecular formula is C17H18ClN3O2S. The average Bonchev–Trinajstić information content (AvgIpc) is 2.57. The second-order valence-corrected chi connectivity index (χ2v) is 6.05. The highest BCUT2D eigenvalue weighted by Crippen LogP contribution is 2.27. The van der Waals surface area contributed by atoms with E-state index in [9.17, 15) is 10.1 Å². The quantitative estimate of drug-likeness (QED) is 0.451. The van der Waals surface area contributed by atoms with Crippen molar-refractivity contribution in [2.24, 2.45) is 0 Å². The van der Waals surface area contributed by atoms with Gasteiger partial charge in [-0.2, -0.15) is 0 Å². The summed E-state index contributed by atoms with van der Waals surface area (Å²) in [5, 5.41) is 14.8. The number of thiocarbonyl (C=S) groups is 1. The molecule has 0 bridgehead atoms. The maximum Gasteiger partial charge on any atom is 0.271 e. The van der Waals surface area contributed by atoms with E-state index in [1.165, 1.54) is 18.2 Å². The first-order valence-corrected chi connectivity index (χ1v) is 8.33. The number of nitrogens with zero attached hydrogens (tertiary/aromatic N) is 2. The van der Waals surface area contributed by atoms with Gasteiger partial charge in [0, 0.05) is 25.2 Å². The first-order chi connectivity index (χ1) is 11.5. The summed E-state index contributed by atoms with van der Waals surface area (Å²) in [7, 11) is 0. The summed E-state index contributed by atoms with van der Waals surface area (Å²) in [5.74, 6) is 0. The smallest absolute Gasteiger partial charge is 0.271 e. The summed E-state index contributed by atoms with van der Waals surface area (Å²) in [6.45, 7) is 3.50. The molecule has 0 saturated carbocycles. The topological polar surface area (TPSA) is 58.4 Å². The maximum absolute atomic E-state index is 10.9. The molecule has 0 fully saturated rings. The Morgan fingerprint density at radius 3 is 2.62 bits per heavy atom. The van der Waals surface area contributed by atoms with Crippen LogP contribution < -0.4 is 5.32 Å². The number of halogens is 1. The maximum atomic E-state index is 10.9. The summed E-state index contributed by atoms with van der Waals surface area (Å²) in [5.41, 5.74) is 1.54. The van der Waals surface area contributed by atoms with Gasteiger partial charge in [0.05, 0.1) is 15.6 Å². The van der Waals surface area contributed by atoms with Gasteiger partial charge in [-0.15, -0.1) is 0 Å². The molecule has 0 heterocycles.